The molecule has 0 radical (unpaired) electrons. The molecule has 0 fully saturated rings. The number of hydrogen-bond donors (Lipinski definition) is 1. The van der Waals surface area contributed by atoms with Crippen LogP contribution in [0.5, 0.6) is 0 Å². The first-order valence-corrected chi connectivity index (χ1v) is 4.59. The molecule has 17 heavy (non-hydrogen) atoms. The summed E-state index contributed by atoms with van der Waals surface area (Å²) in [7, 11) is 0. The standard InChI is InChI=1S/C11H6F2N2O2/c12-8-4-6(10-14-2-1-3-15-10)7(11(16)17)5-9(8)13/h1-5H,(H,16,17). The van der Waals surface area contributed by atoms with E-state index < -0.39 is 17.6 Å². The van der Waals surface area contributed by atoms with Gasteiger partial charge in [0.1, 0.15) is 0 Å². The molecule has 1 N–H and O–H groups in total. The molecule has 2 rings (SSSR count). The predicted molar refractivity (Wildman–Crippen MR) is 54.3 cm³/mol. The monoisotopic (exact) mass is 236 g/mol. The number of nitrogens with zero attached hydrogens (tertiary/aromatic N) is 2. The summed E-state index contributed by atoms with van der Waals surface area (Å²) in [4.78, 5) is 18.5. The lowest BCUT2D eigenvalue weighted by atomic mass is 10.1. The van der Waals surface area contributed by atoms with Gasteiger partial charge in [-0.05, 0) is 18.2 Å². The Labute approximate surface area is 94.6 Å². The first-order chi connectivity index (χ1) is 8.09. The van der Waals surface area contributed by atoms with Crippen molar-refractivity contribution in [2.75, 3.05) is 0 Å². The summed E-state index contributed by atoms with van der Waals surface area (Å²) in [5, 5.41) is 8.90. The maximum absolute atomic E-state index is 13.1. The van der Waals surface area contributed by atoms with Gasteiger partial charge in [-0.25, -0.2) is 23.5 Å². The van der Waals surface area contributed by atoms with Gasteiger partial charge < -0.3 is 5.11 Å². The van der Waals surface area contributed by atoms with E-state index in [1.165, 1.54) is 18.5 Å². The summed E-state index contributed by atoms with van der Waals surface area (Å²) in [6, 6.07) is 2.92. The van der Waals surface area contributed by atoms with E-state index in [9.17, 15) is 13.6 Å². The Bertz CT molecular complexity index is 573. The number of rotatable bonds is 2. The van der Waals surface area contributed by atoms with E-state index in [-0.39, 0.29) is 17.0 Å². The molecular formula is C11H6F2N2O2. The van der Waals surface area contributed by atoms with Gasteiger partial charge in [-0.3, -0.25) is 0 Å². The van der Waals surface area contributed by atoms with Crippen molar-refractivity contribution in [1.29, 1.82) is 0 Å². The third-order valence-corrected chi connectivity index (χ3v) is 2.10. The van der Waals surface area contributed by atoms with Gasteiger partial charge in [0.2, 0.25) is 0 Å². The van der Waals surface area contributed by atoms with Crippen LogP contribution in [0.15, 0.2) is 30.6 Å². The molecule has 1 aromatic carbocycles. The van der Waals surface area contributed by atoms with Crippen LogP contribution in [0.2, 0.25) is 0 Å². The van der Waals surface area contributed by atoms with Crippen molar-refractivity contribution in [3.63, 3.8) is 0 Å². The summed E-state index contributed by atoms with van der Waals surface area (Å²) in [5.74, 6) is -3.70. The Morgan fingerprint density at radius 2 is 1.71 bits per heavy atom. The van der Waals surface area contributed by atoms with Crippen LogP contribution in [0.4, 0.5) is 8.78 Å². The molecule has 86 valence electrons. The molecule has 0 aliphatic rings. The van der Waals surface area contributed by atoms with Crippen molar-refractivity contribution in [2.45, 2.75) is 0 Å². The Balaban J connectivity index is 2.68. The fourth-order valence-electron chi connectivity index (χ4n) is 1.35. The molecule has 0 amide bonds. The van der Waals surface area contributed by atoms with Crippen LogP contribution in [0.25, 0.3) is 11.4 Å². The molecule has 0 unspecified atom stereocenters. The summed E-state index contributed by atoms with van der Waals surface area (Å²) < 4.78 is 26.0. The number of aromatic carboxylic acids is 1. The normalized spacial score (nSPS) is 10.2. The lowest BCUT2D eigenvalue weighted by molar-refractivity contribution is 0.0697. The van der Waals surface area contributed by atoms with Gasteiger partial charge in [0.15, 0.2) is 17.5 Å². The highest BCUT2D eigenvalue weighted by Crippen LogP contribution is 2.23. The Morgan fingerprint density at radius 1 is 1.12 bits per heavy atom. The van der Waals surface area contributed by atoms with Crippen molar-refractivity contribution >= 4 is 5.97 Å². The molecule has 0 bridgehead atoms. The molecule has 0 spiro atoms. The molecule has 4 nitrogen and oxygen atoms in total. The molecule has 1 heterocycles. The SMILES string of the molecule is O=C(O)c1cc(F)c(F)cc1-c1ncccn1. The number of aromatic nitrogens is 2. The van der Waals surface area contributed by atoms with Crippen LogP contribution in [0.3, 0.4) is 0 Å². The maximum Gasteiger partial charge on any atom is 0.336 e. The maximum atomic E-state index is 13.1. The van der Waals surface area contributed by atoms with Crippen molar-refractivity contribution in [2.24, 2.45) is 0 Å². The van der Waals surface area contributed by atoms with Gasteiger partial charge in [-0.15, -0.1) is 0 Å². The Hall–Kier alpha value is -2.37. The summed E-state index contributed by atoms with van der Waals surface area (Å²) >= 11 is 0. The molecule has 0 aliphatic heterocycles. The van der Waals surface area contributed by atoms with Crippen molar-refractivity contribution in [1.82, 2.24) is 9.97 Å². The number of carboxylic acids is 1. The van der Waals surface area contributed by atoms with Crippen LogP contribution >= 0.6 is 0 Å². The molecule has 0 aliphatic carbocycles. The van der Waals surface area contributed by atoms with Crippen LogP contribution in [-0.4, -0.2) is 21.0 Å². The van der Waals surface area contributed by atoms with E-state index in [1.54, 1.807) is 0 Å². The zero-order valence-electron chi connectivity index (χ0n) is 8.39. The minimum Gasteiger partial charge on any atom is -0.478 e. The smallest absolute Gasteiger partial charge is 0.336 e. The number of carboxylic acid groups (broad SMARTS) is 1. The van der Waals surface area contributed by atoms with Gasteiger partial charge in [0.25, 0.3) is 0 Å². The van der Waals surface area contributed by atoms with Crippen LogP contribution in [0.1, 0.15) is 10.4 Å². The lowest BCUT2D eigenvalue weighted by Crippen LogP contribution is -2.04. The third-order valence-electron chi connectivity index (χ3n) is 2.10. The zero-order chi connectivity index (χ0) is 12.4. The number of carbonyl (C=O) groups is 1. The van der Waals surface area contributed by atoms with E-state index in [0.717, 1.165) is 6.07 Å². The highest BCUT2D eigenvalue weighted by molar-refractivity contribution is 5.94. The predicted octanol–water partition coefficient (Wildman–Crippen LogP) is 2.12. The number of hydrogen-bond acceptors (Lipinski definition) is 3. The molecule has 1 aromatic heterocycles. The largest absolute Gasteiger partial charge is 0.478 e. The summed E-state index contributed by atoms with van der Waals surface area (Å²) in [6.07, 6.45) is 2.77. The molecule has 0 saturated carbocycles. The molecule has 0 atom stereocenters. The third kappa shape index (κ3) is 2.10. The average Bonchev–Trinajstić information content (AvgIpc) is 2.33. The fourth-order valence-corrected chi connectivity index (χ4v) is 1.35. The van der Waals surface area contributed by atoms with Gasteiger partial charge in [0, 0.05) is 18.0 Å². The van der Waals surface area contributed by atoms with Crippen LogP contribution < -0.4 is 0 Å². The van der Waals surface area contributed by atoms with E-state index in [2.05, 4.69) is 9.97 Å². The van der Waals surface area contributed by atoms with E-state index in [4.69, 9.17) is 5.11 Å². The molecule has 0 saturated heterocycles. The second-order valence-electron chi connectivity index (χ2n) is 3.19. The highest BCUT2D eigenvalue weighted by Gasteiger charge is 2.17. The second-order valence-corrected chi connectivity index (χ2v) is 3.19. The number of halogens is 2. The van der Waals surface area contributed by atoms with Gasteiger partial charge in [0.05, 0.1) is 5.56 Å². The molecule has 2 aromatic rings. The minimum atomic E-state index is -1.37. The highest BCUT2D eigenvalue weighted by atomic mass is 19.2. The van der Waals surface area contributed by atoms with Gasteiger partial charge in [-0.1, -0.05) is 0 Å². The van der Waals surface area contributed by atoms with E-state index in [1.807, 2.05) is 0 Å². The van der Waals surface area contributed by atoms with Crippen LogP contribution in [0, 0.1) is 11.6 Å². The Morgan fingerprint density at radius 3 is 2.29 bits per heavy atom. The first-order valence-electron chi connectivity index (χ1n) is 4.59. The zero-order valence-corrected chi connectivity index (χ0v) is 8.39. The minimum absolute atomic E-state index is 0.0313. The summed E-state index contributed by atoms with van der Waals surface area (Å²) in [6.45, 7) is 0. The van der Waals surface area contributed by atoms with Crippen molar-refractivity contribution in [3.05, 3.63) is 47.8 Å². The first kappa shape index (κ1) is 11.1. The van der Waals surface area contributed by atoms with E-state index in [0.29, 0.717) is 6.07 Å². The Kier molecular flexibility index (Phi) is 2.78. The average molecular weight is 236 g/mol. The quantitative estimate of drug-likeness (QED) is 0.867. The summed E-state index contributed by atoms with van der Waals surface area (Å²) in [5.41, 5.74) is -0.438. The molecule has 6 heteroatoms. The molecular weight excluding hydrogens is 230 g/mol. The van der Waals surface area contributed by atoms with Crippen molar-refractivity contribution < 1.29 is 18.7 Å². The van der Waals surface area contributed by atoms with Crippen LogP contribution in [-0.2, 0) is 0 Å². The van der Waals surface area contributed by atoms with Gasteiger partial charge in [-0.2, -0.15) is 0 Å². The topological polar surface area (TPSA) is 63.1 Å². The lowest BCUT2D eigenvalue weighted by Gasteiger charge is -2.05. The number of benzene rings is 1. The van der Waals surface area contributed by atoms with Crippen molar-refractivity contribution in [3.8, 4) is 11.4 Å². The second kappa shape index (κ2) is 4.25. The van der Waals surface area contributed by atoms with E-state index >= 15 is 0 Å². The fraction of sp³-hybridized carbons (Fsp3) is 0. The van der Waals surface area contributed by atoms with Gasteiger partial charge >= 0.3 is 5.97 Å².